The Morgan fingerprint density at radius 2 is 2.50 bits per heavy atom. The molecule has 5 heteroatoms. The van der Waals surface area contributed by atoms with Gasteiger partial charge in [-0.05, 0) is 18.8 Å². The minimum absolute atomic E-state index is 0.399. The average molecular weight is 241 g/mol. The zero-order valence-corrected chi connectivity index (χ0v) is 10.0. The summed E-state index contributed by atoms with van der Waals surface area (Å²) in [6.45, 7) is 3.54. The monoisotopic (exact) mass is 241 g/mol. The van der Waals surface area contributed by atoms with Crippen LogP contribution in [0.1, 0.15) is 33.7 Å². The third-order valence-electron chi connectivity index (χ3n) is 2.76. The molecule has 0 amide bonds. The van der Waals surface area contributed by atoms with Crippen molar-refractivity contribution in [2.75, 3.05) is 13.2 Å². The molecule has 1 aliphatic heterocycles. The fourth-order valence-electron chi connectivity index (χ4n) is 1.89. The van der Waals surface area contributed by atoms with E-state index >= 15 is 0 Å². The van der Waals surface area contributed by atoms with Gasteiger partial charge in [-0.1, -0.05) is 6.92 Å². The van der Waals surface area contributed by atoms with E-state index in [0.29, 0.717) is 22.9 Å². The zero-order chi connectivity index (χ0) is 11.5. The van der Waals surface area contributed by atoms with Gasteiger partial charge < -0.3 is 9.84 Å². The number of carboxylic acid groups (broad SMARTS) is 1. The van der Waals surface area contributed by atoms with Crippen LogP contribution in [0.2, 0.25) is 0 Å². The topological polar surface area (TPSA) is 59.4 Å². The molecule has 1 atom stereocenters. The van der Waals surface area contributed by atoms with Gasteiger partial charge in [-0.3, -0.25) is 0 Å². The third-order valence-corrected chi connectivity index (χ3v) is 3.87. The van der Waals surface area contributed by atoms with Crippen LogP contribution >= 0.6 is 11.3 Å². The molecule has 1 aromatic heterocycles. The standard InChI is InChI=1S/C11H15NO3S/c1-2-8-10(11(13)14)16-9(12-8)5-7-3-4-15-6-7/h7H,2-6H2,1H3,(H,13,14). The van der Waals surface area contributed by atoms with E-state index in [1.165, 1.54) is 11.3 Å². The Kier molecular flexibility index (Phi) is 3.56. The summed E-state index contributed by atoms with van der Waals surface area (Å²) in [5.41, 5.74) is 0.714. The molecule has 2 rings (SSSR count). The molecule has 0 saturated carbocycles. The highest BCUT2D eigenvalue weighted by Gasteiger charge is 2.21. The van der Waals surface area contributed by atoms with Crippen molar-refractivity contribution < 1.29 is 14.6 Å². The van der Waals surface area contributed by atoms with E-state index in [4.69, 9.17) is 9.84 Å². The smallest absolute Gasteiger partial charge is 0.347 e. The van der Waals surface area contributed by atoms with Crippen molar-refractivity contribution in [3.63, 3.8) is 0 Å². The summed E-state index contributed by atoms with van der Waals surface area (Å²) in [7, 11) is 0. The lowest BCUT2D eigenvalue weighted by atomic mass is 10.1. The molecule has 4 nitrogen and oxygen atoms in total. The molecule has 2 heterocycles. The summed E-state index contributed by atoms with van der Waals surface area (Å²) in [6, 6.07) is 0. The molecule has 0 aromatic carbocycles. The van der Waals surface area contributed by atoms with Crippen LogP contribution in [0.4, 0.5) is 0 Å². The molecule has 1 aromatic rings. The minimum Gasteiger partial charge on any atom is -0.477 e. The van der Waals surface area contributed by atoms with Gasteiger partial charge in [0.05, 0.1) is 10.7 Å². The van der Waals surface area contributed by atoms with Gasteiger partial charge in [0.25, 0.3) is 0 Å². The molecule has 0 aliphatic carbocycles. The van der Waals surface area contributed by atoms with E-state index in [1.54, 1.807) is 0 Å². The second kappa shape index (κ2) is 4.93. The SMILES string of the molecule is CCc1nc(CC2CCOC2)sc1C(=O)O. The van der Waals surface area contributed by atoms with Crippen LogP contribution in [0, 0.1) is 5.92 Å². The zero-order valence-electron chi connectivity index (χ0n) is 9.23. The highest BCUT2D eigenvalue weighted by atomic mass is 32.1. The van der Waals surface area contributed by atoms with E-state index in [9.17, 15) is 4.79 Å². The van der Waals surface area contributed by atoms with E-state index in [2.05, 4.69) is 4.98 Å². The van der Waals surface area contributed by atoms with Crippen molar-refractivity contribution in [3.8, 4) is 0 Å². The number of aryl methyl sites for hydroxylation is 1. The summed E-state index contributed by atoms with van der Waals surface area (Å²) in [6.07, 6.45) is 2.59. The molecule has 0 radical (unpaired) electrons. The molecule has 88 valence electrons. The number of carboxylic acids is 1. The summed E-state index contributed by atoms with van der Waals surface area (Å²) in [5.74, 6) is -0.347. The maximum atomic E-state index is 11.0. The molecule has 1 N–H and O–H groups in total. The van der Waals surface area contributed by atoms with Gasteiger partial charge in [0.1, 0.15) is 4.88 Å². The fourth-order valence-corrected chi connectivity index (χ4v) is 2.99. The number of nitrogens with zero attached hydrogens (tertiary/aromatic N) is 1. The second-order valence-electron chi connectivity index (χ2n) is 3.98. The van der Waals surface area contributed by atoms with Gasteiger partial charge in [0.2, 0.25) is 0 Å². The highest BCUT2D eigenvalue weighted by molar-refractivity contribution is 7.13. The largest absolute Gasteiger partial charge is 0.477 e. The minimum atomic E-state index is -0.858. The summed E-state index contributed by atoms with van der Waals surface area (Å²) in [4.78, 5) is 15.8. The first kappa shape index (κ1) is 11.5. The van der Waals surface area contributed by atoms with Crippen LogP contribution in [0.3, 0.4) is 0 Å². The Bertz CT molecular complexity index is 383. The van der Waals surface area contributed by atoms with Crippen LogP contribution in [0.15, 0.2) is 0 Å². The first-order valence-corrected chi connectivity index (χ1v) is 6.32. The number of thiazole rings is 1. The van der Waals surface area contributed by atoms with Gasteiger partial charge in [-0.15, -0.1) is 11.3 Å². The van der Waals surface area contributed by atoms with E-state index in [0.717, 1.165) is 31.1 Å². The van der Waals surface area contributed by atoms with Crippen molar-refractivity contribution in [1.82, 2.24) is 4.98 Å². The molecule has 1 unspecified atom stereocenters. The van der Waals surface area contributed by atoms with E-state index in [1.807, 2.05) is 6.92 Å². The van der Waals surface area contributed by atoms with Crippen molar-refractivity contribution in [2.24, 2.45) is 5.92 Å². The molecule has 16 heavy (non-hydrogen) atoms. The number of aromatic carboxylic acids is 1. The first-order valence-electron chi connectivity index (χ1n) is 5.50. The molecule has 0 bridgehead atoms. The van der Waals surface area contributed by atoms with Crippen LogP contribution in [0.5, 0.6) is 0 Å². The van der Waals surface area contributed by atoms with Gasteiger partial charge in [0, 0.05) is 19.6 Å². The maximum Gasteiger partial charge on any atom is 0.347 e. The Morgan fingerprint density at radius 1 is 1.69 bits per heavy atom. The lowest BCUT2D eigenvalue weighted by Gasteiger charge is -2.02. The first-order chi connectivity index (χ1) is 7.70. The van der Waals surface area contributed by atoms with E-state index in [-0.39, 0.29) is 0 Å². The molecule has 1 aliphatic rings. The summed E-state index contributed by atoms with van der Waals surface area (Å²) >= 11 is 1.31. The Balaban J connectivity index is 2.12. The fraction of sp³-hybridized carbons (Fsp3) is 0.636. The van der Waals surface area contributed by atoms with Gasteiger partial charge in [-0.25, -0.2) is 9.78 Å². The number of ether oxygens (including phenoxy) is 1. The van der Waals surface area contributed by atoms with Gasteiger partial charge in [0.15, 0.2) is 0 Å². The number of hydrogen-bond acceptors (Lipinski definition) is 4. The van der Waals surface area contributed by atoms with Crippen molar-refractivity contribution in [1.29, 1.82) is 0 Å². The third kappa shape index (κ3) is 2.41. The van der Waals surface area contributed by atoms with E-state index < -0.39 is 5.97 Å². The molecule has 0 spiro atoms. The number of carbonyl (C=O) groups is 1. The van der Waals surface area contributed by atoms with Crippen molar-refractivity contribution in [3.05, 3.63) is 15.6 Å². The lowest BCUT2D eigenvalue weighted by Crippen LogP contribution is -2.03. The van der Waals surface area contributed by atoms with Gasteiger partial charge in [-0.2, -0.15) is 0 Å². The number of aromatic nitrogens is 1. The van der Waals surface area contributed by atoms with Crippen molar-refractivity contribution in [2.45, 2.75) is 26.2 Å². The Morgan fingerprint density at radius 3 is 3.00 bits per heavy atom. The van der Waals surface area contributed by atoms with Crippen LogP contribution in [0.25, 0.3) is 0 Å². The van der Waals surface area contributed by atoms with Crippen LogP contribution in [-0.4, -0.2) is 29.3 Å². The number of rotatable bonds is 4. The maximum absolute atomic E-state index is 11.0. The van der Waals surface area contributed by atoms with Crippen LogP contribution < -0.4 is 0 Å². The predicted molar refractivity (Wildman–Crippen MR) is 61.1 cm³/mol. The van der Waals surface area contributed by atoms with Gasteiger partial charge >= 0.3 is 5.97 Å². The molecular weight excluding hydrogens is 226 g/mol. The highest BCUT2D eigenvalue weighted by Crippen LogP contribution is 2.24. The molecule has 1 fully saturated rings. The summed E-state index contributed by atoms with van der Waals surface area (Å²) < 4.78 is 5.30. The Hall–Kier alpha value is -0.940. The quantitative estimate of drug-likeness (QED) is 0.875. The molecular formula is C11H15NO3S. The summed E-state index contributed by atoms with van der Waals surface area (Å²) in [5, 5.41) is 9.95. The van der Waals surface area contributed by atoms with Crippen molar-refractivity contribution >= 4 is 17.3 Å². The predicted octanol–water partition coefficient (Wildman–Crippen LogP) is 1.98. The second-order valence-corrected chi connectivity index (χ2v) is 5.06. The van der Waals surface area contributed by atoms with Crippen LogP contribution in [-0.2, 0) is 17.6 Å². The normalized spacial score (nSPS) is 20.2. The number of hydrogen-bond donors (Lipinski definition) is 1. The lowest BCUT2D eigenvalue weighted by molar-refractivity contribution is 0.0701. The average Bonchev–Trinajstić information content (AvgIpc) is 2.87. The molecule has 1 saturated heterocycles. The Labute approximate surface area is 98.3 Å².